The number of likely N-dealkylation sites (tertiary alicyclic amines) is 1. The molecule has 26 heavy (non-hydrogen) atoms. The summed E-state index contributed by atoms with van der Waals surface area (Å²) in [4.78, 5) is 13.9. The average molecular weight is 410 g/mol. The highest BCUT2D eigenvalue weighted by Crippen LogP contribution is 2.36. The van der Waals surface area contributed by atoms with E-state index in [9.17, 15) is 9.90 Å². The van der Waals surface area contributed by atoms with E-state index < -0.39 is 12.0 Å². The summed E-state index contributed by atoms with van der Waals surface area (Å²) in [6.45, 7) is 0.793. The number of aliphatic carboxylic acids is 1. The van der Waals surface area contributed by atoms with E-state index in [0.717, 1.165) is 28.6 Å². The highest BCUT2D eigenvalue weighted by Gasteiger charge is 2.36. The number of rotatable bonds is 4. The zero-order valence-corrected chi connectivity index (χ0v) is 15.9. The smallest absolute Gasteiger partial charge is 0.320 e. The summed E-state index contributed by atoms with van der Waals surface area (Å²) in [7, 11) is 0. The van der Waals surface area contributed by atoms with Crippen LogP contribution in [-0.4, -0.2) is 28.6 Å². The first-order valence-electron chi connectivity index (χ1n) is 8.86. The molecule has 0 saturated carbocycles. The summed E-state index contributed by atoms with van der Waals surface area (Å²) in [6, 6.07) is 22.4. The van der Waals surface area contributed by atoms with Crippen molar-refractivity contribution in [2.45, 2.75) is 24.9 Å². The van der Waals surface area contributed by atoms with E-state index in [2.05, 4.69) is 63.3 Å². The van der Waals surface area contributed by atoms with Crippen molar-refractivity contribution in [3.05, 3.63) is 82.3 Å². The first-order valence-corrected chi connectivity index (χ1v) is 9.65. The Kier molecular flexibility index (Phi) is 4.79. The van der Waals surface area contributed by atoms with Crippen molar-refractivity contribution in [3.8, 4) is 0 Å². The Morgan fingerprint density at radius 3 is 2.54 bits per heavy atom. The largest absolute Gasteiger partial charge is 0.480 e. The van der Waals surface area contributed by atoms with Gasteiger partial charge in [-0.15, -0.1) is 0 Å². The van der Waals surface area contributed by atoms with Gasteiger partial charge in [-0.05, 0) is 52.9 Å². The van der Waals surface area contributed by atoms with Crippen molar-refractivity contribution < 1.29 is 9.90 Å². The molecule has 0 radical (unpaired) electrons. The summed E-state index contributed by atoms with van der Waals surface area (Å²) in [5.74, 6) is -0.733. The highest BCUT2D eigenvalue weighted by atomic mass is 79.9. The summed E-state index contributed by atoms with van der Waals surface area (Å²) in [6.07, 6.45) is 1.61. The monoisotopic (exact) mass is 409 g/mol. The molecule has 0 spiro atoms. The first-order chi connectivity index (χ1) is 12.6. The molecule has 2 unspecified atom stereocenters. The van der Waals surface area contributed by atoms with E-state index in [4.69, 9.17) is 0 Å². The number of hydrogen-bond donors (Lipinski definition) is 1. The Bertz CT molecular complexity index is 956. The number of halogens is 1. The molecule has 1 fully saturated rings. The molecule has 4 rings (SSSR count). The van der Waals surface area contributed by atoms with Crippen molar-refractivity contribution >= 4 is 32.7 Å². The van der Waals surface area contributed by atoms with E-state index in [-0.39, 0.29) is 6.04 Å². The van der Waals surface area contributed by atoms with Gasteiger partial charge in [0.1, 0.15) is 6.04 Å². The number of carboxylic acids is 1. The van der Waals surface area contributed by atoms with Crippen LogP contribution in [0.15, 0.2) is 71.2 Å². The molecule has 132 valence electrons. The molecular weight excluding hydrogens is 390 g/mol. The number of benzene rings is 3. The van der Waals surface area contributed by atoms with Gasteiger partial charge in [-0.25, -0.2) is 0 Å². The molecule has 3 nitrogen and oxygen atoms in total. The molecule has 1 N–H and O–H groups in total. The molecule has 0 amide bonds. The Hall–Kier alpha value is -2.17. The van der Waals surface area contributed by atoms with E-state index >= 15 is 0 Å². The molecule has 1 aliphatic rings. The lowest BCUT2D eigenvalue weighted by Gasteiger charge is -2.32. The van der Waals surface area contributed by atoms with Gasteiger partial charge in [-0.1, -0.05) is 64.5 Å². The predicted molar refractivity (Wildman–Crippen MR) is 107 cm³/mol. The van der Waals surface area contributed by atoms with Gasteiger partial charge in [0, 0.05) is 11.0 Å². The standard InChI is InChI=1S/C22H20BrNO2/c23-19-8-3-7-17(14-19)21(24-12-4-9-20(24)22(25)26)18-11-10-15-5-1-2-6-16(15)13-18/h1-3,5-8,10-11,13-14,20-21H,4,9,12H2,(H,25,26). The number of nitrogens with zero attached hydrogens (tertiary/aromatic N) is 1. The SMILES string of the molecule is O=C(O)C1CCCN1C(c1cccc(Br)c1)c1ccc2ccccc2c1. The normalized spacial score (nSPS) is 18.9. The summed E-state index contributed by atoms with van der Waals surface area (Å²) < 4.78 is 1.01. The van der Waals surface area contributed by atoms with Gasteiger partial charge in [-0.2, -0.15) is 0 Å². The third kappa shape index (κ3) is 3.27. The molecule has 1 saturated heterocycles. The topological polar surface area (TPSA) is 40.5 Å². The number of carbonyl (C=O) groups is 1. The number of carboxylic acid groups (broad SMARTS) is 1. The van der Waals surface area contributed by atoms with Crippen LogP contribution in [-0.2, 0) is 4.79 Å². The minimum absolute atomic E-state index is 0.0688. The third-order valence-electron chi connectivity index (χ3n) is 5.16. The van der Waals surface area contributed by atoms with Gasteiger partial charge < -0.3 is 5.11 Å². The molecule has 0 bridgehead atoms. The zero-order chi connectivity index (χ0) is 18.1. The van der Waals surface area contributed by atoms with Crippen LogP contribution < -0.4 is 0 Å². The van der Waals surface area contributed by atoms with Crippen molar-refractivity contribution in [2.24, 2.45) is 0 Å². The van der Waals surface area contributed by atoms with Crippen molar-refractivity contribution in [1.82, 2.24) is 4.90 Å². The average Bonchev–Trinajstić information content (AvgIpc) is 3.11. The zero-order valence-electron chi connectivity index (χ0n) is 14.3. The maximum absolute atomic E-state index is 11.8. The van der Waals surface area contributed by atoms with Crippen molar-refractivity contribution in [2.75, 3.05) is 6.54 Å². The Labute approximate surface area is 161 Å². The summed E-state index contributed by atoms with van der Waals surface area (Å²) >= 11 is 3.56. The van der Waals surface area contributed by atoms with Gasteiger partial charge in [0.25, 0.3) is 0 Å². The summed E-state index contributed by atoms with van der Waals surface area (Å²) in [5.41, 5.74) is 2.25. The maximum Gasteiger partial charge on any atom is 0.320 e. The van der Waals surface area contributed by atoms with Crippen LogP contribution in [0.1, 0.15) is 30.0 Å². The fourth-order valence-corrected chi connectivity index (χ4v) is 4.41. The van der Waals surface area contributed by atoms with Gasteiger partial charge in [0.2, 0.25) is 0 Å². The lowest BCUT2D eigenvalue weighted by atomic mass is 9.94. The molecule has 3 aromatic carbocycles. The molecule has 2 atom stereocenters. The minimum Gasteiger partial charge on any atom is -0.480 e. The van der Waals surface area contributed by atoms with Crippen LogP contribution >= 0.6 is 15.9 Å². The lowest BCUT2D eigenvalue weighted by molar-refractivity contribution is -0.142. The molecule has 0 aliphatic carbocycles. The third-order valence-corrected chi connectivity index (χ3v) is 5.66. The van der Waals surface area contributed by atoms with E-state index in [0.29, 0.717) is 6.42 Å². The van der Waals surface area contributed by atoms with Crippen LogP contribution in [0, 0.1) is 0 Å². The molecule has 1 heterocycles. The second kappa shape index (κ2) is 7.22. The van der Waals surface area contributed by atoms with E-state index in [1.54, 1.807) is 0 Å². The highest BCUT2D eigenvalue weighted by molar-refractivity contribution is 9.10. The van der Waals surface area contributed by atoms with Gasteiger partial charge in [-0.3, -0.25) is 9.69 Å². The van der Waals surface area contributed by atoms with Crippen LogP contribution in [0.5, 0.6) is 0 Å². The Morgan fingerprint density at radius 2 is 1.77 bits per heavy atom. The van der Waals surface area contributed by atoms with Crippen LogP contribution in [0.25, 0.3) is 10.8 Å². The Morgan fingerprint density at radius 1 is 1.00 bits per heavy atom. The second-order valence-corrected chi connectivity index (χ2v) is 7.71. The van der Waals surface area contributed by atoms with Crippen LogP contribution in [0.3, 0.4) is 0 Å². The molecule has 1 aliphatic heterocycles. The maximum atomic E-state index is 11.8. The molecule has 3 aromatic rings. The fraction of sp³-hybridized carbons (Fsp3) is 0.227. The predicted octanol–water partition coefficient (Wildman–Crippen LogP) is 5.24. The van der Waals surface area contributed by atoms with Crippen molar-refractivity contribution in [3.63, 3.8) is 0 Å². The summed E-state index contributed by atoms with van der Waals surface area (Å²) in [5, 5.41) is 12.1. The van der Waals surface area contributed by atoms with Gasteiger partial charge >= 0.3 is 5.97 Å². The van der Waals surface area contributed by atoms with E-state index in [1.807, 2.05) is 24.3 Å². The first kappa shape index (κ1) is 17.3. The quantitative estimate of drug-likeness (QED) is 0.640. The molecule has 0 aromatic heterocycles. The van der Waals surface area contributed by atoms with Crippen LogP contribution in [0.2, 0.25) is 0 Å². The van der Waals surface area contributed by atoms with E-state index in [1.165, 1.54) is 10.8 Å². The number of hydrogen-bond acceptors (Lipinski definition) is 2. The van der Waals surface area contributed by atoms with Crippen LogP contribution in [0.4, 0.5) is 0 Å². The van der Waals surface area contributed by atoms with Gasteiger partial charge in [0.05, 0.1) is 6.04 Å². The van der Waals surface area contributed by atoms with Crippen molar-refractivity contribution in [1.29, 1.82) is 0 Å². The van der Waals surface area contributed by atoms with Gasteiger partial charge in [0.15, 0.2) is 0 Å². The second-order valence-electron chi connectivity index (χ2n) is 6.80. The lowest BCUT2D eigenvalue weighted by Crippen LogP contribution is -2.39. The number of fused-ring (bicyclic) bond motifs is 1. The molecule has 4 heteroatoms. The Balaban J connectivity index is 1.85. The fourth-order valence-electron chi connectivity index (χ4n) is 3.99. The molecular formula is C22H20BrNO2. The minimum atomic E-state index is -0.733.